The largest absolute Gasteiger partial charge is 0.351 e. The quantitative estimate of drug-likeness (QED) is 0.747. The summed E-state index contributed by atoms with van der Waals surface area (Å²) < 4.78 is 0. The van der Waals surface area contributed by atoms with Crippen molar-refractivity contribution in [2.45, 2.75) is 39.2 Å². The van der Waals surface area contributed by atoms with E-state index in [1.54, 1.807) is 14.1 Å². The second-order valence-corrected chi connectivity index (χ2v) is 4.29. The summed E-state index contributed by atoms with van der Waals surface area (Å²) in [6.07, 6.45) is 4.76. The summed E-state index contributed by atoms with van der Waals surface area (Å²) in [6, 6.07) is 0.768. The van der Waals surface area contributed by atoms with Crippen molar-refractivity contribution in [2.24, 2.45) is 0 Å². The summed E-state index contributed by atoms with van der Waals surface area (Å²) in [5.41, 5.74) is 0. The number of hydrogen-bond acceptors (Lipinski definition) is 3. The van der Waals surface area contributed by atoms with Crippen LogP contribution in [-0.2, 0) is 4.79 Å². The molecular formula is C13H31N3O. The fourth-order valence-corrected chi connectivity index (χ4v) is 1.53. The molecule has 1 fully saturated rings. The van der Waals surface area contributed by atoms with E-state index in [0.29, 0.717) is 0 Å². The third kappa shape index (κ3) is 13.3. The van der Waals surface area contributed by atoms with E-state index in [0.717, 1.165) is 12.5 Å². The van der Waals surface area contributed by atoms with E-state index in [4.69, 9.17) is 0 Å². The fraction of sp³-hybridized carbons (Fsp3) is 0.923. The highest BCUT2D eigenvalue weighted by atomic mass is 16.1. The fourth-order valence-electron chi connectivity index (χ4n) is 1.53. The van der Waals surface area contributed by atoms with Gasteiger partial charge >= 0.3 is 0 Å². The van der Waals surface area contributed by atoms with Crippen LogP contribution in [0.1, 0.15) is 33.1 Å². The summed E-state index contributed by atoms with van der Waals surface area (Å²) in [7, 11) is 7.65. The number of carbonyl (C=O) groups is 1. The van der Waals surface area contributed by atoms with Gasteiger partial charge in [0.15, 0.2) is 0 Å². The number of amides is 1. The molecule has 1 amide bonds. The third-order valence-corrected chi connectivity index (χ3v) is 2.57. The maximum absolute atomic E-state index is 9.43. The minimum atomic E-state index is 0.750. The molecule has 104 valence electrons. The van der Waals surface area contributed by atoms with Gasteiger partial charge in [0.2, 0.25) is 6.41 Å². The van der Waals surface area contributed by atoms with Crippen LogP contribution >= 0.6 is 0 Å². The predicted molar refractivity (Wildman–Crippen MR) is 75.3 cm³/mol. The Bertz CT molecular complexity index is 163. The van der Waals surface area contributed by atoms with Crippen molar-refractivity contribution in [3.63, 3.8) is 0 Å². The molecule has 4 heteroatoms. The summed E-state index contributed by atoms with van der Waals surface area (Å²) in [4.78, 5) is 13.3. The first kappa shape index (κ1) is 18.7. The lowest BCUT2D eigenvalue weighted by atomic mass is 10.1. The van der Waals surface area contributed by atoms with Gasteiger partial charge in [-0.05, 0) is 46.4 Å². The summed E-state index contributed by atoms with van der Waals surface area (Å²) in [5.74, 6) is 0. The van der Waals surface area contributed by atoms with Crippen LogP contribution in [0.2, 0.25) is 0 Å². The Balaban J connectivity index is 0. The maximum Gasteiger partial charge on any atom is 0.209 e. The van der Waals surface area contributed by atoms with Crippen LogP contribution < -0.4 is 5.32 Å². The molecule has 1 rings (SSSR count). The second kappa shape index (κ2) is 13.5. The molecule has 0 aromatic heterocycles. The Morgan fingerprint density at radius 1 is 1.24 bits per heavy atom. The van der Waals surface area contributed by atoms with E-state index < -0.39 is 0 Å². The molecular weight excluding hydrogens is 214 g/mol. The van der Waals surface area contributed by atoms with Gasteiger partial charge in [-0.25, -0.2) is 0 Å². The molecule has 1 saturated heterocycles. The van der Waals surface area contributed by atoms with Crippen LogP contribution in [0.5, 0.6) is 0 Å². The molecule has 1 atom stereocenters. The highest BCUT2D eigenvalue weighted by molar-refractivity contribution is 5.45. The van der Waals surface area contributed by atoms with Gasteiger partial charge in [0, 0.05) is 20.1 Å². The van der Waals surface area contributed by atoms with Crippen LogP contribution in [0.3, 0.4) is 0 Å². The predicted octanol–water partition coefficient (Wildman–Crippen LogP) is 1.42. The van der Waals surface area contributed by atoms with E-state index in [2.05, 4.69) is 24.3 Å². The number of nitrogens with one attached hydrogen (secondary N) is 1. The summed E-state index contributed by atoms with van der Waals surface area (Å²) >= 11 is 0. The van der Waals surface area contributed by atoms with Crippen LogP contribution in [0.4, 0.5) is 0 Å². The minimum absolute atomic E-state index is 0.750. The number of rotatable bonds is 2. The van der Waals surface area contributed by atoms with E-state index in [9.17, 15) is 4.79 Å². The van der Waals surface area contributed by atoms with Gasteiger partial charge in [-0.15, -0.1) is 0 Å². The lowest BCUT2D eigenvalue weighted by Gasteiger charge is -2.13. The Kier molecular flexibility index (Phi) is 14.8. The molecule has 0 aromatic rings. The summed E-state index contributed by atoms with van der Waals surface area (Å²) in [5, 5.41) is 3.34. The van der Waals surface area contributed by atoms with Gasteiger partial charge in [0.05, 0.1) is 0 Å². The number of likely N-dealkylation sites (tertiary alicyclic amines) is 1. The van der Waals surface area contributed by atoms with Crippen LogP contribution in [-0.4, -0.2) is 63.5 Å². The molecule has 4 nitrogen and oxygen atoms in total. The lowest BCUT2D eigenvalue weighted by Crippen LogP contribution is -2.26. The maximum atomic E-state index is 9.43. The van der Waals surface area contributed by atoms with E-state index in [1.165, 1.54) is 37.3 Å². The average Bonchev–Trinajstić information content (AvgIpc) is 2.57. The molecule has 0 spiro atoms. The molecule has 0 bridgehead atoms. The third-order valence-electron chi connectivity index (χ3n) is 2.57. The first-order valence-electron chi connectivity index (χ1n) is 6.57. The normalized spacial score (nSPS) is 20.0. The topological polar surface area (TPSA) is 35.6 Å². The van der Waals surface area contributed by atoms with Gasteiger partial charge in [-0.3, -0.25) is 4.79 Å². The smallest absolute Gasteiger partial charge is 0.209 e. The van der Waals surface area contributed by atoms with Gasteiger partial charge in [-0.1, -0.05) is 13.8 Å². The van der Waals surface area contributed by atoms with Crippen LogP contribution in [0, 0.1) is 0 Å². The minimum Gasteiger partial charge on any atom is -0.351 e. The molecule has 17 heavy (non-hydrogen) atoms. The molecule has 1 aliphatic rings. The lowest BCUT2D eigenvalue weighted by molar-refractivity contribution is -0.115. The Morgan fingerprint density at radius 3 is 2.18 bits per heavy atom. The van der Waals surface area contributed by atoms with Crippen molar-refractivity contribution >= 4 is 6.41 Å². The Labute approximate surface area is 107 Å². The van der Waals surface area contributed by atoms with Crippen molar-refractivity contribution in [3.05, 3.63) is 0 Å². The van der Waals surface area contributed by atoms with Crippen molar-refractivity contribution in [2.75, 3.05) is 41.3 Å². The zero-order chi connectivity index (χ0) is 13.7. The SMILES string of the molecule is CC.CN(C)C=O.CNC1CCCN(C)CC1. The molecule has 0 aliphatic carbocycles. The Morgan fingerprint density at radius 2 is 1.76 bits per heavy atom. The number of nitrogens with zero attached hydrogens (tertiary/aromatic N) is 2. The molecule has 1 N–H and O–H groups in total. The van der Waals surface area contributed by atoms with E-state index in [-0.39, 0.29) is 0 Å². The van der Waals surface area contributed by atoms with Crippen molar-refractivity contribution in [1.29, 1.82) is 0 Å². The van der Waals surface area contributed by atoms with E-state index in [1.807, 2.05) is 13.8 Å². The molecule has 1 heterocycles. The van der Waals surface area contributed by atoms with Crippen LogP contribution in [0.25, 0.3) is 0 Å². The number of hydrogen-bond donors (Lipinski definition) is 1. The zero-order valence-electron chi connectivity index (χ0n) is 12.5. The number of carbonyl (C=O) groups excluding carboxylic acids is 1. The molecule has 1 aliphatic heterocycles. The van der Waals surface area contributed by atoms with E-state index >= 15 is 0 Å². The second-order valence-electron chi connectivity index (χ2n) is 4.29. The first-order valence-corrected chi connectivity index (χ1v) is 6.57. The summed E-state index contributed by atoms with van der Waals surface area (Å²) in [6.45, 7) is 6.53. The Hall–Kier alpha value is -0.610. The van der Waals surface area contributed by atoms with Crippen molar-refractivity contribution in [3.8, 4) is 0 Å². The highest BCUT2D eigenvalue weighted by Crippen LogP contribution is 2.08. The molecule has 0 radical (unpaired) electrons. The standard InChI is InChI=1S/C8H18N2.C3H7NO.C2H6/c1-9-8-4-3-6-10(2)7-5-8;1-4(2)3-5;1-2/h8-9H,3-7H2,1-2H3;3H,1-2H3;1-2H3. The molecule has 1 unspecified atom stereocenters. The monoisotopic (exact) mass is 245 g/mol. The molecule has 0 aromatic carbocycles. The van der Waals surface area contributed by atoms with Crippen molar-refractivity contribution < 1.29 is 4.79 Å². The van der Waals surface area contributed by atoms with Gasteiger partial charge in [0.1, 0.15) is 0 Å². The zero-order valence-corrected chi connectivity index (χ0v) is 12.5. The van der Waals surface area contributed by atoms with Gasteiger partial charge < -0.3 is 15.1 Å². The highest BCUT2D eigenvalue weighted by Gasteiger charge is 2.11. The van der Waals surface area contributed by atoms with Gasteiger partial charge in [0.25, 0.3) is 0 Å². The molecule has 0 saturated carbocycles. The first-order chi connectivity index (χ1) is 8.10. The van der Waals surface area contributed by atoms with Crippen molar-refractivity contribution in [1.82, 2.24) is 15.1 Å². The van der Waals surface area contributed by atoms with Gasteiger partial charge in [-0.2, -0.15) is 0 Å². The average molecular weight is 245 g/mol. The van der Waals surface area contributed by atoms with Crippen LogP contribution in [0.15, 0.2) is 0 Å².